The Morgan fingerprint density at radius 2 is 1.76 bits per heavy atom. The summed E-state index contributed by atoms with van der Waals surface area (Å²) >= 11 is 0. The Hall–Kier alpha value is -1.02. The predicted molar refractivity (Wildman–Crippen MR) is 73.6 cm³/mol. The van der Waals surface area contributed by atoms with Crippen LogP contribution in [0.2, 0.25) is 0 Å². The van der Waals surface area contributed by atoms with Gasteiger partial charge in [0.1, 0.15) is 5.75 Å². The van der Waals surface area contributed by atoms with Crippen molar-refractivity contribution in [2.24, 2.45) is 5.41 Å². The molecule has 17 heavy (non-hydrogen) atoms. The number of benzene rings is 1. The van der Waals surface area contributed by atoms with Gasteiger partial charge in [-0.3, -0.25) is 0 Å². The van der Waals surface area contributed by atoms with Gasteiger partial charge in [0.25, 0.3) is 0 Å². The largest absolute Gasteiger partial charge is 0.497 e. The third-order valence-electron chi connectivity index (χ3n) is 2.68. The van der Waals surface area contributed by atoms with Gasteiger partial charge >= 0.3 is 0 Å². The van der Waals surface area contributed by atoms with Crippen LogP contribution in [0.3, 0.4) is 0 Å². The zero-order chi connectivity index (χ0) is 12.9. The van der Waals surface area contributed by atoms with E-state index >= 15 is 0 Å². The Morgan fingerprint density at radius 1 is 1.18 bits per heavy atom. The molecular weight excluding hydrogens is 210 g/mol. The van der Waals surface area contributed by atoms with Gasteiger partial charge in [-0.2, -0.15) is 0 Å². The average molecular weight is 235 g/mol. The maximum absolute atomic E-state index is 5.15. The van der Waals surface area contributed by atoms with Gasteiger partial charge < -0.3 is 10.1 Å². The van der Waals surface area contributed by atoms with Crippen molar-refractivity contribution in [3.63, 3.8) is 0 Å². The maximum atomic E-state index is 5.15. The highest BCUT2D eigenvalue weighted by molar-refractivity contribution is 5.27. The van der Waals surface area contributed by atoms with E-state index in [9.17, 15) is 0 Å². The number of nitrogens with one attached hydrogen (secondary N) is 1. The molecule has 1 aromatic rings. The molecule has 0 amide bonds. The summed E-state index contributed by atoms with van der Waals surface area (Å²) < 4.78 is 5.15. The molecule has 1 unspecified atom stereocenters. The smallest absolute Gasteiger partial charge is 0.118 e. The lowest BCUT2D eigenvalue weighted by atomic mass is 9.96. The summed E-state index contributed by atoms with van der Waals surface area (Å²) in [5.41, 5.74) is 1.69. The third kappa shape index (κ3) is 5.73. The molecule has 1 aromatic carbocycles. The van der Waals surface area contributed by atoms with Crippen LogP contribution in [0.5, 0.6) is 5.75 Å². The van der Waals surface area contributed by atoms with E-state index in [1.54, 1.807) is 7.11 Å². The molecule has 0 aromatic heterocycles. The first-order valence-electron chi connectivity index (χ1n) is 6.27. The first-order valence-corrected chi connectivity index (χ1v) is 6.27. The Labute approximate surface area is 105 Å². The topological polar surface area (TPSA) is 21.3 Å². The van der Waals surface area contributed by atoms with E-state index in [0.29, 0.717) is 11.5 Å². The van der Waals surface area contributed by atoms with Gasteiger partial charge in [-0.25, -0.2) is 0 Å². The van der Waals surface area contributed by atoms with E-state index in [4.69, 9.17) is 4.74 Å². The highest BCUT2D eigenvalue weighted by Crippen LogP contribution is 2.14. The molecule has 1 N–H and O–H groups in total. The molecule has 0 aliphatic heterocycles. The molecule has 0 bridgehead atoms. The van der Waals surface area contributed by atoms with Crippen molar-refractivity contribution in [3.05, 3.63) is 29.8 Å². The van der Waals surface area contributed by atoms with Gasteiger partial charge in [0.15, 0.2) is 0 Å². The number of hydrogen-bond donors (Lipinski definition) is 1. The maximum Gasteiger partial charge on any atom is 0.118 e. The minimum absolute atomic E-state index is 0.341. The zero-order valence-corrected chi connectivity index (χ0v) is 11.7. The monoisotopic (exact) mass is 235 g/mol. The minimum atomic E-state index is 0.341. The van der Waals surface area contributed by atoms with Crippen molar-refractivity contribution in [3.8, 4) is 5.75 Å². The molecule has 1 rings (SSSR count). The van der Waals surface area contributed by atoms with Crippen LogP contribution in [-0.4, -0.2) is 19.7 Å². The summed E-state index contributed by atoms with van der Waals surface area (Å²) in [5.74, 6) is 0.920. The Kier molecular flexibility index (Phi) is 5.01. The van der Waals surface area contributed by atoms with Crippen molar-refractivity contribution in [2.75, 3.05) is 13.7 Å². The van der Waals surface area contributed by atoms with Crippen molar-refractivity contribution in [1.82, 2.24) is 5.32 Å². The van der Waals surface area contributed by atoms with Crippen LogP contribution >= 0.6 is 0 Å². The summed E-state index contributed by atoms with van der Waals surface area (Å²) in [6.07, 6.45) is 1.06. The molecule has 2 heteroatoms. The van der Waals surface area contributed by atoms with Gasteiger partial charge in [-0.15, -0.1) is 0 Å². The fourth-order valence-corrected chi connectivity index (χ4v) is 1.67. The summed E-state index contributed by atoms with van der Waals surface area (Å²) in [6.45, 7) is 10.0. The number of rotatable bonds is 5. The third-order valence-corrected chi connectivity index (χ3v) is 2.68. The van der Waals surface area contributed by atoms with E-state index in [0.717, 1.165) is 18.7 Å². The normalized spacial score (nSPS) is 13.5. The van der Waals surface area contributed by atoms with E-state index in [-0.39, 0.29) is 0 Å². The van der Waals surface area contributed by atoms with E-state index in [2.05, 4.69) is 45.1 Å². The number of ether oxygens (including phenoxy) is 1. The van der Waals surface area contributed by atoms with Gasteiger partial charge in [0.05, 0.1) is 7.11 Å². The number of hydrogen-bond acceptors (Lipinski definition) is 2. The lowest BCUT2D eigenvalue weighted by Crippen LogP contribution is -2.35. The highest BCUT2D eigenvalue weighted by Gasteiger charge is 2.11. The van der Waals surface area contributed by atoms with Crippen LogP contribution in [0, 0.1) is 5.41 Å². The highest BCUT2D eigenvalue weighted by atomic mass is 16.5. The quantitative estimate of drug-likeness (QED) is 0.846. The van der Waals surface area contributed by atoms with E-state index in [1.807, 2.05) is 12.1 Å². The van der Waals surface area contributed by atoms with Crippen molar-refractivity contribution in [2.45, 2.75) is 40.2 Å². The van der Waals surface area contributed by atoms with Gasteiger partial charge in [-0.1, -0.05) is 32.9 Å². The fraction of sp³-hybridized carbons (Fsp3) is 0.600. The van der Waals surface area contributed by atoms with Crippen molar-refractivity contribution >= 4 is 0 Å². The van der Waals surface area contributed by atoms with Crippen LogP contribution in [-0.2, 0) is 6.42 Å². The lowest BCUT2D eigenvalue weighted by Gasteiger charge is -2.22. The molecule has 0 radical (unpaired) electrons. The van der Waals surface area contributed by atoms with E-state index < -0.39 is 0 Å². The molecule has 2 nitrogen and oxygen atoms in total. The predicted octanol–water partition coefficient (Wildman–Crippen LogP) is 3.26. The molecule has 0 aliphatic carbocycles. The molecule has 0 fully saturated rings. The summed E-state index contributed by atoms with van der Waals surface area (Å²) in [4.78, 5) is 0. The summed E-state index contributed by atoms with van der Waals surface area (Å²) in [7, 11) is 1.70. The minimum Gasteiger partial charge on any atom is -0.497 e. The van der Waals surface area contributed by atoms with Crippen LogP contribution in [0.1, 0.15) is 33.3 Å². The molecule has 1 atom stereocenters. The second-order valence-corrected chi connectivity index (χ2v) is 5.89. The molecule has 0 spiro atoms. The van der Waals surface area contributed by atoms with Gasteiger partial charge in [0, 0.05) is 12.6 Å². The standard InChI is InChI=1S/C15H25NO/c1-12(16-11-15(2,3)4)10-13-6-8-14(17-5)9-7-13/h6-9,12,16H,10-11H2,1-5H3. The molecule has 0 saturated carbocycles. The molecule has 0 aliphatic rings. The average Bonchev–Trinajstić information content (AvgIpc) is 2.27. The van der Waals surface area contributed by atoms with Crippen molar-refractivity contribution in [1.29, 1.82) is 0 Å². The SMILES string of the molecule is COc1ccc(CC(C)NCC(C)(C)C)cc1. The summed E-state index contributed by atoms with van der Waals surface area (Å²) in [6, 6.07) is 8.81. The van der Waals surface area contributed by atoms with Gasteiger partial charge in [0.2, 0.25) is 0 Å². The molecule has 96 valence electrons. The molecular formula is C15H25NO. The van der Waals surface area contributed by atoms with Crippen LogP contribution < -0.4 is 10.1 Å². The van der Waals surface area contributed by atoms with E-state index in [1.165, 1.54) is 5.56 Å². The zero-order valence-electron chi connectivity index (χ0n) is 11.7. The molecule has 0 saturated heterocycles. The second kappa shape index (κ2) is 6.06. The fourth-order valence-electron chi connectivity index (χ4n) is 1.67. The first kappa shape index (κ1) is 14.0. The number of methoxy groups -OCH3 is 1. The second-order valence-electron chi connectivity index (χ2n) is 5.89. The van der Waals surface area contributed by atoms with Crippen LogP contribution in [0.15, 0.2) is 24.3 Å². The Morgan fingerprint density at radius 3 is 2.24 bits per heavy atom. The summed E-state index contributed by atoms with van der Waals surface area (Å²) in [5, 5.41) is 3.57. The van der Waals surface area contributed by atoms with Crippen molar-refractivity contribution < 1.29 is 4.74 Å². The van der Waals surface area contributed by atoms with Gasteiger partial charge in [-0.05, 0) is 36.5 Å². The van der Waals surface area contributed by atoms with Crippen LogP contribution in [0.25, 0.3) is 0 Å². The van der Waals surface area contributed by atoms with Crippen LogP contribution in [0.4, 0.5) is 0 Å². The Bertz CT molecular complexity index is 324. The Balaban J connectivity index is 2.42. The lowest BCUT2D eigenvalue weighted by molar-refractivity contribution is 0.356. The molecule has 0 heterocycles. The first-order chi connectivity index (χ1) is 7.90.